The van der Waals surface area contributed by atoms with E-state index in [0.29, 0.717) is 5.56 Å². The molecule has 0 bridgehead atoms. The van der Waals surface area contributed by atoms with Gasteiger partial charge in [0, 0.05) is 17.1 Å². The van der Waals surface area contributed by atoms with E-state index in [0.717, 1.165) is 16.2 Å². The maximum atomic E-state index is 13.7. The predicted octanol–water partition coefficient (Wildman–Crippen LogP) is 5.63. The van der Waals surface area contributed by atoms with Crippen molar-refractivity contribution in [2.24, 2.45) is 0 Å². The monoisotopic (exact) mass is 437 g/mol. The second kappa shape index (κ2) is 8.70. The molecule has 7 heteroatoms. The summed E-state index contributed by atoms with van der Waals surface area (Å²) in [4.78, 5) is 25.4. The summed E-state index contributed by atoms with van der Waals surface area (Å²) in [7, 11) is 0. The van der Waals surface area contributed by atoms with Crippen LogP contribution in [0, 0.1) is 0 Å². The van der Waals surface area contributed by atoms with Crippen molar-refractivity contribution in [1.82, 2.24) is 4.57 Å². The van der Waals surface area contributed by atoms with Gasteiger partial charge in [-0.1, -0.05) is 54.6 Å². The quantitative estimate of drug-likeness (QED) is 0.380. The molecule has 0 radical (unpaired) electrons. The maximum Gasteiger partial charge on any atom is 0.417 e. The lowest BCUT2D eigenvalue weighted by atomic mass is 10.0. The van der Waals surface area contributed by atoms with Crippen LogP contribution in [0.4, 0.5) is 13.2 Å². The van der Waals surface area contributed by atoms with Crippen LogP contribution >= 0.6 is 0 Å². The molecule has 0 aliphatic rings. The average molecular weight is 437 g/mol. The fourth-order valence-corrected chi connectivity index (χ4v) is 3.57. The predicted molar refractivity (Wildman–Crippen MR) is 113 cm³/mol. The number of nitrogens with zero attached hydrogens (tertiary/aromatic N) is 1. The topological polar surface area (TPSA) is 48.3 Å². The molecule has 0 saturated heterocycles. The lowest BCUT2D eigenvalue weighted by molar-refractivity contribution is -0.144. The number of hydrogen-bond donors (Lipinski definition) is 0. The Labute approximate surface area is 181 Å². The van der Waals surface area contributed by atoms with Crippen LogP contribution in [0.3, 0.4) is 0 Å². The highest BCUT2D eigenvalue weighted by atomic mass is 19.4. The van der Waals surface area contributed by atoms with Crippen molar-refractivity contribution in [2.45, 2.75) is 19.2 Å². The van der Waals surface area contributed by atoms with Gasteiger partial charge in [-0.3, -0.25) is 14.2 Å². The number of halogens is 3. The standard InChI is InChI=1S/C25H18F3NO3/c26-25(27,28)20-12-7-13-21-23(20)19(14-22(30)32-16-17-8-3-1-4-9-17)15-29(21)24(31)18-10-5-2-6-11-18/h1-13,15H,14,16H2. The number of carbonyl (C=O) groups is 2. The summed E-state index contributed by atoms with van der Waals surface area (Å²) in [6.45, 7) is 0.00733. The summed E-state index contributed by atoms with van der Waals surface area (Å²) < 4.78 is 47.6. The molecule has 162 valence electrons. The molecule has 1 aromatic heterocycles. The number of benzene rings is 3. The van der Waals surface area contributed by atoms with Crippen molar-refractivity contribution < 1.29 is 27.5 Å². The van der Waals surface area contributed by atoms with E-state index in [2.05, 4.69) is 0 Å². The Bertz CT molecular complexity index is 1260. The van der Waals surface area contributed by atoms with Crippen LogP contribution in [0.5, 0.6) is 0 Å². The Morgan fingerprint density at radius 2 is 1.50 bits per heavy atom. The highest BCUT2D eigenvalue weighted by Gasteiger charge is 2.35. The molecule has 32 heavy (non-hydrogen) atoms. The first-order chi connectivity index (χ1) is 15.3. The van der Waals surface area contributed by atoms with Crippen molar-refractivity contribution in [3.63, 3.8) is 0 Å². The van der Waals surface area contributed by atoms with E-state index in [9.17, 15) is 22.8 Å². The molecule has 3 aromatic carbocycles. The lowest BCUT2D eigenvalue weighted by Crippen LogP contribution is -2.11. The first-order valence-electron chi connectivity index (χ1n) is 9.84. The molecule has 0 atom stereocenters. The average Bonchev–Trinajstić information content (AvgIpc) is 3.16. The molecule has 1 heterocycles. The molecule has 4 nitrogen and oxygen atoms in total. The fourth-order valence-electron chi connectivity index (χ4n) is 3.57. The second-order valence-corrected chi connectivity index (χ2v) is 7.22. The van der Waals surface area contributed by atoms with E-state index in [1.807, 2.05) is 6.07 Å². The molecule has 4 aromatic rings. The van der Waals surface area contributed by atoms with Gasteiger partial charge in [0.1, 0.15) is 6.61 Å². The molecule has 4 rings (SSSR count). The third-order valence-electron chi connectivity index (χ3n) is 5.03. The van der Waals surface area contributed by atoms with Crippen LogP contribution in [-0.2, 0) is 28.7 Å². The summed E-state index contributed by atoms with van der Waals surface area (Å²) >= 11 is 0. The van der Waals surface area contributed by atoms with Crippen LogP contribution in [0.2, 0.25) is 0 Å². The van der Waals surface area contributed by atoms with E-state index in [-0.39, 0.29) is 23.1 Å². The van der Waals surface area contributed by atoms with Gasteiger partial charge >= 0.3 is 12.1 Å². The van der Waals surface area contributed by atoms with Crippen molar-refractivity contribution in [1.29, 1.82) is 0 Å². The minimum Gasteiger partial charge on any atom is -0.461 e. The van der Waals surface area contributed by atoms with E-state index in [1.54, 1.807) is 54.6 Å². The van der Waals surface area contributed by atoms with Crippen molar-refractivity contribution >= 4 is 22.8 Å². The number of rotatable bonds is 5. The molecule has 0 unspecified atom stereocenters. The molecular formula is C25H18F3NO3. The summed E-state index contributed by atoms with van der Waals surface area (Å²) in [6.07, 6.45) is -3.76. The molecule has 0 aliphatic carbocycles. The lowest BCUT2D eigenvalue weighted by Gasteiger charge is -2.10. The van der Waals surface area contributed by atoms with Gasteiger partial charge in [-0.15, -0.1) is 0 Å². The van der Waals surface area contributed by atoms with Gasteiger partial charge in [-0.25, -0.2) is 0 Å². The maximum absolute atomic E-state index is 13.7. The van der Waals surface area contributed by atoms with Crippen LogP contribution in [0.1, 0.15) is 27.0 Å². The van der Waals surface area contributed by atoms with Crippen LogP contribution < -0.4 is 0 Å². The van der Waals surface area contributed by atoms with Gasteiger partial charge in [0.05, 0.1) is 17.5 Å². The van der Waals surface area contributed by atoms with Gasteiger partial charge in [-0.05, 0) is 35.4 Å². The van der Waals surface area contributed by atoms with Gasteiger partial charge in [0.25, 0.3) is 5.91 Å². The van der Waals surface area contributed by atoms with Gasteiger partial charge in [0.15, 0.2) is 0 Å². The summed E-state index contributed by atoms with van der Waals surface area (Å²) in [6, 6.07) is 20.8. The zero-order valence-corrected chi connectivity index (χ0v) is 16.8. The van der Waals surface area contributed by atoms with Gasteiger partial charge in [0.2, 0.25) is 0 Å². The summed E-state index contributed by atoms with van der Waals surface area (Å²) in [5, 5.41) is -0.180. The zero-order chi connectivity index (χ0) is 22.7. The van der Waals surface area contributed by atoms with E-state index >= 15 is 0 Å². The molecule has 0 N–H and O–H groups in total. The normalized spacial score (nSPS) is 11.5. The molecular weight excluding hydrogens is 419 g/mol. The number of ether oxygens (including phenoxy) is 1. The van der Waals surface area contributed by atoms with Crippen LogP contribution in [0.25, 0.3) is 10.9 Å². The summed E-state index contributed by atoms with van der Waals surface area (Å²) in [5.74, 6) is -1.17. The Kier molecular flexibility index (Phi) is 5.81. The Morgan fingerprint density at radius 3 is 2.16 bits per heavy atom. The highest BCUT2D eigenvalue weighted by molar-refractivity contribution is 6.04. The van der Waals surface area contributed by atoms with Gasteiger partial charge < -0.3 is 4.74 Å². The second-order valence-electron chi connectivity index (χ2n) is 7.22. The Hall–Kier alpha value is -3.87. The number of hydrogen-bond acceptors (Lipinski definition) is 3. The van der Waals surface area contributed by atoms with Gasteiger partial charge in [-0.2, -0.15) is 13.2 Å². The molecule has 0 fully saturated rings. The van der Waals surface area contributed by atoms with Crippen LogP contribution in [-0.4, -0.2) is 16.4 Å². The largest absolute Gasteiger partial charge is 0.461 e. The van der Waals surface area contributed by atoms with E-state index < -0.39 is 30.0 Å². The van der Waals surface area contributed by atoms with Crippen molar-refractivity contribution in [2.75, 3.05) is 0 Å². The third kappa shape index (κ3) is 4.42. The van der Waals surface area contributed by atoms with Crippen molar-refractivity contribution in [3.8, 4) is 0 Å². The smallest absolute Gasteiger partial charge is 0.417 e. The Morgan fingerprint density at radius 1 is 0.844 bits per heavy atom. The minimum absolute atomic E-state index is 0.00733. The first kappa shape index (κ1) is 21.4. The van der Waals surface area contributed by atoms with Crippen LogP contribution in [0.15, 0.2) is 85.1 Å². The number of aromatic nitrogens is 1. The summed E-state index contributed by atoms with van der Waals surface area (Å²) in [5.41, 5.74) is 0.341. The van der Waals surface area contributed by atoms with E-state index in [1.165, 1.54) is 18.3 Å². The number of esters is 1. The fraction of sp³-hybridized carbons (Fsp3) is 0.120. The zero-order valence-electron chi connectivity index (χ0n) is 16.8. The van der Waals surface area contributed by atoms with E-state index in [4.69, 9.17) is 4.74 Å². The number of alkyl halides is 3. The Balaban J connectivity index is 1.72. The molecule has 0 amide bonds. The first-order valence-corrected chi connectivity index (χ1v) is 9.84. The minimum atomic E-state index is -4.65. The molecule has 0 aliphatic heterocycles. The van der Waals surface area contributed by atoms with Crippen molar-refractivity contribution in [3.05, 3.63) is 107 Å². The SMILES string of the molecule is O=C(Cc1cn(C(=O)c2ccccc2)c2cccc(C(F)(F)F)c12)OCc1ccccc1. The number of fused-ring (bicyclic) bond motifs is 1. The molecule has 0 spiro atoms. The number of carbonyl (C=O) groups excluding carboxylic acids is 2. The molecule has 0 saturated carbocycles. The highest BCUT2D eigenvalue weighted by Crippen LogP contribution is 2.37. The third-order valence-corrected chi connectivity index (χ3v) is 5.03.